The second-order valence-corrected chi connectivity index (χ2v) is 20.2. The Morgan fingerprint density at radius 2 is 1.15 bits per heavy atom. The van der Waals surface area contributed by atoms with Gasteiger partial charge in [0.1, 0.15) is 18.1 Å². The molecule has 0 radical (unpaired) electrons. The van der Waals surface area contributed by atoms with Crippen LogP contribution < -0.4 is 14.4 Å². The van der Waals surface area contributed by atoms with E-state index in [-0.39, 0.29) is 0 Å². The molecule has 0 aromatic heterocycles. The van der Waals surface area contributed by atoms with Crippen LogP contribution in [0.25, 0.3) is 6.08 Å². The molecule has 0 amide bonds. The van der Waals surface area contributed by atoms with Crippen LogP contribution in [0.15, 0.2) is 121 Å². The smallest absolute Gasteiger partial charge is 0.127 e. The molecule has 0 fully saturated rings. The average molecular weight is 875 g/mol. The van der Waals surface area contributed by atoms with E-state index in [1.165, 1.54) is 85.1 Å². The van der Waals surface area contributed by atoms with Crippen molar-refractivity contribution in [1.82, 2.24) is 4.90 Å². The zero-order chi connectivity index (χ0) is 46.3. The molecule has 0 bridgehead atoms. The van der Waals surface area contributed by atoms with Crippen LogP contribution in [0, 0.1) is 11.8 Å². The molecule has 348 valence electrons. The first kappa shape index (κ1) is 49.6. The Bertz CT molecular complexity index is 2090. The molecule has 0 spiro atoms. The number of hydrogen-bond acceptors (Lipinski definition) is 4. The van der Waals surface area contributed by atoms with Crippen LogP contribution in [0.2, 0.25) is 0 Å². The maximum atomic E-state index is 5.60. The second kappa shape index (κ2) is 24.6. The topological polar surface area (TPSA) is 24.9 Å². The number of fused-ring (bicyclic) bond motifs is 5. The van der Waals surface area contributed by atoms with Crippen molar-refractivity contribution in [2.45, 2.75) is 151 Å². The maximum absolute atomic E-state index is 5.60. The average Bonchev–Trinajstić information content (AvgIpc) is 3.33. The summed E-state index contributed by atoms with van der Waals surface area (Å²) in [6.07, 6.45) is 13.1. The van der Waals surface area contributed by atoms with Crippen LogP contribution in [0.3, 0.4) is 0 Å². The Balaban J connectivity index is 0.000000135. The van der Waals surface area contributed by atoms with Gasteiger partial charge in [-0.05, 0) is 165 Å². The minimum Gasteiger partial charge on any atom is -0.493 e. The molecule has 5 aliphatic rings. The monoisotopic (exact) mass is 875 g/mol. The van der Waals surface area contributed by atoms with Gasteiger partial charge in [-0.2, -0.15) is 0 Å². The van der Waals surface area contributed by atoms with Gasteiger partial charge in [-0.3, -0.25) is 4.90 Å². The molecule has 0 saturated carbocycles. The Hall–Kier alpha value is -4.80. The maximum Gasteiger partial charge on any atom is 0.127 e. The summed E-state index contributed by atoms with van der Waals surface area (Å²) in [5.41, 5.74) is 13.2. The molecule has 1 aliphatic carbocycles. The SMILES string of the molecule is CC(C)C1CCCc2ccccc21.CC(C)C1CCOc2ccccc21.CC(C)N1CCCc2ccccc21.CC(C)N1CCc2ccccc2C1.CC(C)c1ccc2c(c1)OCC=C2. The number of para-hydroxylation sites is 2. The first-order valence-corrected chi connectivity index (χ1v) is 25.3. The molecule has 65 heavy (non-hydrogen) atoms. The summed E-state index contributed by atoms with van der Waals surface area (Å²) in [5, 5.41) is 0. The van der Waals surface area contributed by atoms with Crippen molar-refractivity contribution in [3.8, 4) is 11.5 Å². The highest BCUT2D eigenvalue weighted by Crippen LogP contribution is 2.38. The Kier molecular flexibility index (Phi) is 18.8. The quantitative estimate of drug-likeness (QED) is 0.176. The van der Waals surface area contributed by atoms with Crippen molar-refractivity contribution in [2.24, 2.45) is 11.8 Å². The molecule has 5 aromatic carbocycles. The van der Waals surface area contributed by atoms with Crippen LogP contribution >= 0.6 is 0 Å². The fraction of sp³-hybridized carbons (Fsp3) is 0.475. The predicted molar refractivity (Wildman–Crippen MR) is 279 cm³/mol. The number of rotatable bonds is 5. The van der Waals surface area contributed by atoms with Crippen molar-refractivity contribution in [2.75, 3.05) is 31.2 Å². The van der Waals surface area contributed by atoms with Gasteiger partial charge in [0.15, 0.2) is 0 Å². The molecule has 2 atom stereocenters. The molecule has 10 rings (SSSR count). The number of ether oxygens (including phenoxy) is 2. The van der Waals surface area contributed by atoms with Crippen LogP contribution in [0.1, 0.15) is 157 Å². The summed E-state index contributed by atoms with van der Waals surface area (Å²) in [6, 6.07) is 42.7. The number of anilines is 1. The van der Waals surface area contributed by atoms with Gasteiger partial charge in [-0.25, -0.2) is 0 Å². The van der Waals surface area contributed by atoms with Crippen LogP contribution in [-0.4, -0.2) is 43.3 Å². The lowest BCUT2D eigenvalue weighted by Crippen LogP contribution is -2.35. The normalized spacial score (nSPS) is 18.0. The third-order valence-electron chi connectivity index (χ3n) is 14.0. The summed E-state index contributed by atoms with van der Waals surface area (Å²) >= 11 is 0. The lowest BCUT2D eigenvalue weighted by molar-refractivity contribution is 0.203. The number of benzene rings is 5. The van der Waals surface area contributed by atoms with E-state index in [2.05, 4.69) is 194 Å². The lowest BCUT2D eigenvalue weighted by atomic mass is 9.77. The lowest BCUT2D eigenvalue weighted by Gasteiger charge is -2.34. The van der Waals surface area contributed by atoms with Gasteiger partial charge < -0.3 is 14.4 Å². The van der Waals surface area contributed by atoms with Crippen molar-refractivity contribution >= 4 is 11.8 Å². The molecule has 5 aromatic rings. The van der Waals surface area contributed by atoms with Gasteiger partial charge in [0.2, 0.25) is 0 Å². The van der Waals surface area contributed by atoms with E-state index in [0.29, 0.717) is 36.4 Å². The van der Waals surface area contributed by atoms with Crippen LogP contribution in [0.5, 0.6) is 11.5 Å². The van der Waals surface area contributed by atoms with Gasteiger partial charge >= 0.3 is 0 Å². The molecule has 4 nitrogen and oxygen atoms in total. The number of nitrogens with zero attached hydrogens (tertiary/aromatic N) is 2. The zero-order valence-corrected chi connectivity index (χ0v) is 41.9. The summed E-state index contributed by atoms with van der Waals surface area (Å²) in [4.78, 5) is 5.03. The van der Waals surface area contributed by atoms with Gasteiger partial charge in [0.05, 0.1) is 6.61 Å². The van der Waals surface area contributed by atoms with Gasteiger partial charge in [0.25, 0.3) is 0 Å². The third kappa shape index (κ3) is 13.9. The van der Waals surface area contributed by atoms with E-state index in [4.69, 9.17) is 9.47 Å². The van der Waals surface area contributed by atoms with Crippen molar-refractivity contribution in [3.63, 3.8) is 0 Å². The highest BCUT2D eigenvalue weighted by atomic mass is 16.5. The van der Waals surface area contributed by atoms with Crippen molar-refractivity contribution in [1.29, 1.82) is 0 Å². The second-order valence-electron chi connectivity index (χ2n) is 20.2. The fourth-order valence-electron chi connectivity index (χ4n) is 10.1. The number of aryl methyl sites for hydroxylation is 2. The van der Waals surface area contributed by atoms with E-state index in [1.54, 1.807) is 16.7 Å². The molecule has 4 heterocycles. The summed E-state index contributed by atoms with van der Waals surface area (Å²) in [5.74, 6) is 5.68. The van der Waals surface area contributed by atoms with Gasteiger partial charge in [-0.15, -0.1) is 0 Å². The Morgan fingerprint density at radius 3 is 1.86 bits per heavy atom. The molecule has 0 saturated heterocycles. The van der Waals surface area contributed by atoms with E-state index in [0.717, 1.165) is 42.9 Å². The number of hydrogen-bond donors (Lipinski definition) is 0. The van der Waals surface area contributed by atoms with E-state index in [1.807, 2.05) is 12.1 Å². The minimum atomic E-state index is 0.569. The summed E-state index contributed by atoms with van der Waals surface area (Å²) < 4.78 is 11.1. The van der Waals surface area contributed by atoms with Crippen molar-refractivity contribution < 1.29 is 9.47 Å². The van der Waals surface area contributed by atoms with Gasteiger partial charge in [0, 0.05) is 43.0 Å². The van der Waals surface area contributed by atoms with E-state index < -0.39 is 0 Å². The third-order valence-corrected chi connectivity index (χ3v) is 14.0. The zero-order valence-electron chi connectivity index (χ0n) is 41.9. The van der Waals surface area contributed by atoms with E-state index in [9.17, 15) is 0 Å². The molecule has 2 unspecified atom stereocenters. The standard InChI is InChI=1S/C13H18.2C12H17N.C12H14O.C12H16O/c1-10(2)12-9-5-7-11-6-3-4-8-13(11)12;1-10(2)13-9-5-7-11-6-3-4-8-12(11)13;1-10(2)13-8-7-11-5-3-4-6-12(11)9-13;1-9(2)11-6-5-10-4-3-7-13-12(10)8-11;1-9(2)10-7-8-13-12-6-4-3-5-11(10)12/h3-4,6,8,10,12H,5,7,9H2,1-2H3;3-4,6,8,10H,5,7,9H2,1-2H3;3-6,10H,7-9H2,1-2H3;3-6,8-9H,7H2,1-2H3;3-6,9-10H,7-8H2,1-2H3. The fourth-order valence-corrected chi connectivity index (χ4v) is 10.1. The Morgan fingerprint density at radius 1 is 0.523 bits per heavy atom. The van der Waals surface area contributed by atoms with Crippen LogP contribution in [-0.2, 0) is 25.8 Å². The molecular formula is C61H82N2O2. The molecular weight excluding hydrogens is 793 g/mol. The minimum absolute atomic E-state index is 0.569. The largest absolute Gasteiger partial charge is 0.493 e. The predicted octanol–water partition coefficient (Wildman–Crippen LogP) is 15.5. The van der Waals surface area contributed by atoms with Crippen LogP contribution in [0.4, 0.5) is 5.69 Å². The summed E-state index contributed by atoms with van der Waals surface area (Å²) in [7, 11) is 0. The first-order valence-electron chi connectivity index (χ1n) is 25.3. The van der Waals surface area contributed by atoms with Crippen molar-refractivity contribution in [3.05, 3.63) is 166 Å². The molecule has 0 N–H and O–H groups in total. The van der Waals surface area contributed by atoms with Gasteiger partial charge in [-0.1, -0.05) is 145 Å². The van der Waals surface area contributed by atoms with E-state index >= 15 is 0 Å². The molecule has 4 aliphatic heterocycles. The molecule has 4 heteroatoms. The highest BCUT2D eigenvalue weighted by Gasteiger charge is 2.24. The highest BCUT2D eigenvalue weighted by molar-refractivity contribution is 5.60. The summed E-state index contributed by atoms with van der Waals surface area (Å²) in [6.45, 7) is 27.9. The first-order chi connectivity index (χ1) is 31.4. The Labute approximate surface area is 395 Å².